The van der Waals surface area contributed by atoms with E-state index in [1.807, 2.05) is 38.1 Å². The van der Waals surface area contributed by atoms with Gasteiger partial charge in [0.2, 0.25) is 11.9 Å². The maximum absolute atomic E-state index is 5.90. The maximum Gasteiger partial charge on any atom is 0.226 e. The Kier molecular flexibility index (Phi) is 5.44. The van der Waals surface area contributed by atoms with Gasteiger partial charge in [-0.1, -0.05) is 31.5 Å². The van der Waals surface area contributed by atoms with Gasteiger partial charge in [-0.2, -0.15) is 10.1 Å². The van der Waals surface area contributed by atoms with Crippen LogP contribution in [0.2, 0.25) is 0 Å². The molecule has 0 bridgehead atoms. The van der Waals surface area contributed by atoms with Crippen LogP contribution in [0.5, 0.6) is 5.75 Å². The van der Waals surface area contributed by atoms with Crippen molar-refractivity contribution in [3.63, 3.8) is 0 Å². The lowest BCUT2D eigenvalue weighted by atomic mass is 10.2. The van der Waals surface area contributed by atoms with Gasteiger partial charge in [-0.15, -0.1) is 0 Å². The Hall–Kier alpha value is -2.28. The van der Waals surface area contributed by atoms with Crippen LogP contribution >= 0.6 is 0 Å². The molecule has 0 aliphatic carbocycles. The largest absolute Gasteiger partial charge is 0.493 e. The number of guanidine groups is 2. The number of aliphatic imine (C=N–C) groups is 2. The monoisotopic (exact) mass is 319 g/mol. The number of unbranched alkanes of at least 4 members (excludes halogenated alkanes) is 1. The highest BCUT2D eigenvalue weighted by Crippen LogP contribution is 2.24. The summed E-state index contributed by atoms with van der Waals surface area (Å²) >= 11 is 0. The zero-order chi connectivity index (χ0) is 16.9. The van der Waals surface area contributed by atoms with Gasteiger partial charge < -0.3 is 16.2 Å². The zero-order valence-corrected chi connectivity index (χ0v) is 14.0. The molecule has 1 aliphatic rings. The minimum Gasteiger partial charge on any atom is -0.493 e. The first kappa shape index (κ1) is 17.1. The number of ether oxygens (including phenoxy) is 1. The van der Waals surface area contributed by atoms with Crippen LogP contribution in [0.15, 0.2) is 34.3 Å². The molecule has 1 aromatic rings. The van der Waals surface area contributed by atoms with E-state index in [1.54, 1.807) is 0 Å². The van der Waals surface area contributed by atoms with E-state index >= 15 is 0 Å². The van der Waals surface area contributed by atoms with Crippen molar-refractivity contribution in [2.45, 2.75) is 45.9 Å². The third-order valence-electron chi connectivity index (χ3n) is 3.40. The quantitative estimate of drug-likeness (QED) is 0.749. The zero-order valence-electron chi connectivity index (χ0n) is 14.0. The molecule has 7 nitrogen and oxygen atoms in total. The van der Waals surface area contributed by atoms with Crippen LogP contribution in [-0.4, -0.2) is 29.3 Å². The topological polar surface area (TPSA) is 98.5 Å². The molecule has 0 spiro atoms. The summed E-state index contributed by atoms with van der Waals surface area (Å²) in [6.45, 7) is 6.83. The molecular formula is C16H25N5O2. The minimum absolute atomic E-state index is 0.149. The van der Waals surface area contributed by atoms with Crippen molar-refractivity contribution < 1.29 is 9.57 Å². The molecule has 0 saturated carbocycles. The van der Waals surface area contributed by atoms with Crippen LogP contribution in [0, 0.1) is 0 Å². The van der Waals surface area contributed by atoms with Crippen molar-refractivity contribution in [2.75, 3.05) is 6.61 Å². The number of hydroxylamine groups is 2. The van der Waals surface area contributed by atoms with E-state index < -0.39 is 5.66 Å². The number of para-hydroxylation sites is 1. The van der Waals surface area contributed by atoms with Gasteiger partial charge in [-0.25, -0.2) is 4.99 Å². The molecule has 4 N–H and O–H groups in total. The summed E-state index contributed by atoms with van der Waals surface area (Å²) in [5.74, 6) is 1.15. The Morgan fingerprint density at radius 2 is 1.96 bits per heavy atom. The molecule has 0 amide bonds. The van der Waals surface area contributed by atoms with Crippen molar-refractivity contribution in [3.05, 3.63) is 29.8 Å². The number of nitrogens with zero attached hydrogens (tertiary/aromatic N) is 3. The average molecular weight is 319 g/mol. The van der Waals surface area contributed by atoms with Crippen molar-refractivity contribution >= 4 is 11.9 Å². The maximum atomic E-state index is 5.90. The third kappa shape index (κ3) is 4.35. The van der Waals surface area contributed by atoms with Crippen LogP contribution in [-0.2, 0) is 11.4 Å². The van der Waals surface area contributed by atoms with Crippen LogP contribution < -0.4 is 16.2 Å². The molecule has 0 unspecified atom stereocenters. The Balaban J connectivity index is 2.05. The van der Waals surface area contributed by atoms with E-state index in [4.69, 9.17) is 21.0 Å². The van der Waals surface area contributed by atoms with Crippen LogP contribution in [0.25, 0.3) is 0 Å². The van der Waals surface area contributed by atoms with Gasteiger partial charge in [-0.05, 0) is 26.3 Å². The fourth-order valence-electron chi connectivity index (χ4n) is 2.24. The van der Waals surface area contributed by atoms with Gasteiger partial charge in [0.15, 0.2) is 5.66 Å². The number of benzene rings is 1. The molecule has 1 heterocycles. The van der Waals surface area contributed by atoms with Gasteiger partial charge in [0.1, 0.15) is 12.4 Å². The van der Waals surface area contributed by atoms with Crippen molar-refractivity contribution in [2.24, 2.45) is 21.5 Å². The molecule has 0 fully saturated rings. The Morgan fingerprint density at radius 1 is 1.22 bits per heavy atom. The highest BCUT2D eigenvalue weighted by atomic mass is 16.7. The molecule has 0 aromatic heterocycles. The lowest BCUT2D eigenvalue weighted by Crippen LogP contribution is -2.53. The molecule has 1 aromatic carbocycles. The van der Waals surface area contributed by atoms with E-state index in [0.29, 0.717) is 13.2 Å². The van der Waals surface area contributed by atoms with Crippen LogP contribution in [0.1, 0.15) is 39.2 Å². The van der Waals surface area contributed by atoms with E-state index in [0.717, 1.165) is 24.2 Å². The van der Waals surface area contributed by atoms with Crippen molar-refractivity contribution in [1.29, 1.82) is 0 Å². The number of hydrogen-bond acceptors (Lipinski definition) is 7. The summed E-state index contributed by atoms with van der Waals surface area (Å²) in [5, 5.41) is 1.46. The third-order valence-corrected chi connectivity index (χ3v) is 3.40. The fraction of sp³-hybridized carbons (Fsp3) is 0.500. The van der Waals surface area contributed by atoms with Gasteiger partial charge in [0.05, 0.1) is 6.61 Å². The fourth-order valence-corrected chi connectivity index (χ4v) is 2.24. The normalized spacial score (nSPS) is 16.7. The first-order valence-corrected chi connectivity index (χ1v) is 7.77. The summed E-state index contributed by atoms with van der Waals surface area (Å²) in [6.07, 6.45) is 2.11. The molecule has 1 aliphatic heterocycles. The lowest BCUT2D eigenvalue weighted by Gasteiger charge is -2.36. The summed E-state index contributed by atoms with van der Waals surface area (Å²) in [7, 11) is 0. The van der Waals surface area contributed by atoms with E-state index in [-0.39, 0.29) is 11.9 Å². The summed E-state index contributed by atoms with van der Waals surface area (Å²) in [4.78, 5) is 14.0. The Bertz CT molecular complexity index is 598. The molecule has 126 valence electrons. The van der Waals surface area contributed by atoms with Gasteiger partial charge in [0, 0.05) is 5.56 Å². The Labute approximate surface area is 136 Å². The van der Waals surface area contributed by atoms with E-state index in [1.165, 1.54) is 5.06 Å². The highest BCUT2D eigenvalue weighted by molar-refractivity contribution is 5.95. The second-order valence-corrected chi connectivity index (χ2v) is 5.81. The second-order valence-electron chi connectivity index (χ2n) is 5.81. The molecule has 0 saturated heterocycles. The van der Waals surface area contributed by atoms with Gasteiger partial charge >= 0.3 is 0 Å². The molecule has 23 heavy (non-hydrogen) atoms. The van der Waals surface area contributed by atoms with E-state index in [2.05, 4.69) is 16.9 Å². The van der Waals surface area contributed by atoms with Gasteiger partial charge in [-0.3, -0.25) is 4.84 Å². The number of nitrogens with two attached hydrogens (primary N) is 2. The SMILES string of the molecule is CCCCOc1ccccc1CON1C(N)=NC(N)=NC1(C)C. The molecule has 2 rings (SSSR count). The lowest BCUT2D eigenvalue weighted by molar-refractivity contribution is -0.167. The first-order chi connectivity index (χ1) is 10.9. The summed E-state index contributed by atoms with van der Waals surface area (Å²) < 4.78 is 5.81. The molecule has 7 heteroatoms. The van der Waals surface area contributed by atoms with Crippen LogP contribution in [0.4, 0.5) is 0 Å². The molecule has 0 atom stereocenters. The predicted molar refractivity (Wildman–Crippen MR) is 90.8 cm³/mol. The highest BCUT2D eigenvalue weighted by Gasteiger charge is 2.33. The molecular weight excluding hydrogens is 294 g/mol. The van der Waals surface area contributed by atoms with Gasteiger partial charge in [0.25, 0.3) is 0 Å². The minimum atomic E-state index is -0.714. The predicted octanol–water partition coefficient (Wildman–Crippen LogP) is 1.98. The first-order valence-electron chi connectivity index (χ1n) is 7.77. The van der Waals surface area contributed by atoms with Crippen molar-refractivity contribution in [1.82, 2.24) is 5.06 Å². The van der Waals surface area contributed by atoms with Crippen LogP contribution in [0.3, 0.4) is 0 Å². The summed E-state index contributed by atoms with van der Waals surface area (Å²) in [6, 6.07) is 7.78. The van der Waals surface area contributed by atoms with Crippen molar-refractivity contribution in [3.8, 4) is 5.75 Å². The molecule has 0 radical (unpaired) electrons. The Morgan fingerprint density at radius 3 is 2.65 bits per heavy atom. The smallest absolute Gasteiger partial charge is 0.226 e. The second kappa shape index (κ2) is 7.32. The summed E-state index contributed by atoms with van der Waals surface area (Å²) in [5.41, 5.74) is 11.8. The number of hydrogen-bond donors (Lipinski definition) is 2. The van der Waals surface area contributed by atoms with E-state index in [9.17, 15) is 0 Å². The average Bonchev–Trinajstić information content (AvgIpc) is 2.47. The standard InChI is InChI=1S/C16H25N5O2/c1-4-5-10-22-13-9-7-6-8-12(13)11-23-21-15(18)19-14(17)20-16(21,2)3/h6-9H,4-5,10-11H2,1-3H3,(H4,17,18,19,20). The number of rotatable bonds is 7.